The van der Waals surface area contributed by atoms with E-state index in [2.05, 4.69) is 31.9 Å². The zero-order chi connectivity index (χ0) is 23.2. The van der Waals surface area contributed by atoms with Crippen LogP contribution in [-0.4, -0.2) is 35.4 Å². The number of nitrogens with one attached hydrogen (secondary N) is 5. The Labute approximate surface area is 190 Å². The minimum Gasteiger partial charge on any atom is -0.352 e. The number of rotatable bonds is 12. The summed E-state index contributed by atoms with van der Waals surface area (Å²) < 4.78 is 0.841. The summed E-state index contributed by atoms with van der Waals surface area (Å²) in [7, 11) is 0. The Kier molecular flexibility index (Phi) is 11.9. The molecule has 169 valence electrons. The topological polar surface area (TPSA) is 149 Å². The van der Waals surface area contributed by atoms with Crippen molar-refractivity contribution in [3.05, 3.63) is 57.0 Å². The molecule has 0 aliphatic carbocycles. The Morgan fingerprint density at radius 2 is 2.00 bits per heavy atom. The van der Waals surface area contributed by atoms with Crippen LogP contribution in [0.5, 0.6) is 0 Å². The summed E-state index contributed by atoms with van der Waals surface area (Å²) in [5, 5.41) is 24.7. The molecule has 0 heterocycles. The molecule has 0 saturated heterocycles. The van der Waals surface area contributed by atoms with Crippen LogP contribution in [0.1, 0.15) is 38.7 Å². The van der Waals surface area contributed by atoms with E-state index in [9.17, 15) is 19.7 Å². The van der Waals surface area contributed by atoms with Gasteiger partial charge in [-0.1, -0.05) is 53.4 Å². The van der Waals surface area contributed by atoms with Gasteiger partial charge in [-0.05, 0) is 42.9 Å². The number of hydrogen-bond acceptors (Lipinski definition) is 5. The van der Waals surface area contributed by atoms with E-state index in [-0.39, 0.29) is 18.9 Å². The van der Waals surface area contributed by atoms with Gasteiger partial charge in [-0.15, -0.1) is 0 Å². The lowest BCUT2D eigenvalue weighted by molar-refractivity contribution is -0.525. The molecule has 0 aliphatic heterocycles. The predicted molar refractivity (Wildman–Crippen MR) is 122 cm³/mol. The summed E-state index contributed by atoms with van der Waals surface area (Å²) in [4.78, 5) is 35.2. The number of amides is 2. The Balaban J connectivity index is 2.64. The van der Waals surface area contributed by atoms with E-state index >= 15 is 0 Å². The first-order chi connectivity index (χ1) is 14.7. The first-order valence-corrected chi connectivity index (χ1v) is 10.6. The van der Waals surface area contributed by atoms with Gasteiger partial charge in [0.25, 0.3) is 5.96 Å². The minimum atomic E-state index is -0.839. The number of guanidine groups is 1. The van der Waals surface area contributed by atoms with Crippen molar-refractivity contribution in [2.75, 3.05) is 6.54 Å². The average Bonchev–Trinajstić information content (AvgIpc) is 2.68. The molecule has 1 rings (SSSR count). The number of carbonyl (C=O) groups is 2. The van der Waals surface area contributed by atoms with Crippen LogP contribution in [0.4, 0.5) is 0 Å². The van der Waals surface area contributed by atoms with Crippen LogP contribution in [-0.2, 0) is 9.59 Å². The van der Waals surface area contributed by atoms with E-state index < -0.39 is 22.9 Å². The summed E-state index contributed by atoms with van der Waals surface area (Å²) in [6, 6.07) is 6.63. The zero-order valence-corrected chi connectivity index (χ0v) is 19.1. The largest absolute Gasteiger partial charge is 0.352 e. The molecule has 0 aliphatic rings. The molecule has 0 fully saturated rings. The molecule has 1 radical (unpaired) electrons. The van der Waals surface area contributed by atoms with Crippen LogP contribution in [0, 0.1) is 28.0 Å². The fourth-order valence-corrected chi connectivity index (χ4v) is 2.83. The van der Waals surface area contributed by atoms with Crippen molar-refractivity contribution in [2.24, 2.45) is 5.92 Å². The van der Waals surface area contributed by atoms with Gasteiger partial charge in [-0.25, -0.2) is 10.1 Å². The molecule has 1 atom stereocenters. The summed E-state index contributed by atoms with van der Waals surface area (Å²) in [6.07, 6.45) is 4.38. The van der Waals surface area contributed by atoms with E-state index in [0.29, 0.717) is 18.8 Å². The van der Waals surface area contributed by atoms with Crippen LogP contribution in [0.25, 0.3) is 6.08 Å². The molecule has 0 spiro atoms. The van der Waals surface area contributed by atoms with Gasteiger partial charge in [0.05, 0.1) is 0 Å². The number of carbonyl (C=O) groups excluding carboxylic acids is 2. The maximum atomic E-state index is 12.5. The second-order valence-corrected chi connectivity index (χ2v) is 7.93. The lowest BCUT2D eigenvalue weighted by Gasteiger charge is -2.18. The van der Waals surface area contributed by atoms with E-state index in [1.165, 1.54) is 6.08 Å². The molecule has 31 heavy (non-hydrogen) atoms. The fourth-order valence-electron chi connectivity index (χ4n) is 2.41. The molecular weight excluding hydrogens is 468 g/mol. The Morgan fingerprint density at radius 1 is 1.29 bits per heavy atom. The quantitative estimate of drug-likeness (QED) is 0.0749. The first-order valence-electron chi connectivity index (χ1n) is 9.77. The van der Waals surface area contributed by atoms with Gasteiger partial charge in [-0.3, -0.25) is 15.0 Å². The number of halogens is 1. The SMILES string of the molecule is CC(C)C[CH]NC(=O)[C@H](CCCNC(=N)N[N+](=O)[O-])NC(=O)/C=C/c1ccccc1Br. The molecule has 1 aromatic rings. The van der Waals surface area contributed by atoms with Gasteiger partial charge >= 0.3 is 0 Å². The van der Waals surface area contributed by atoms with E-state index in [1.807, 2.05) is 38.1 Å². The third kappa shape index (κ3) is 11.7. The van der Waals surface area contributed by atoms with Crippen molar-refractivity contribution in [2.45, 2.75) is 39.2 Å². The fraction of sp³-hybridized carbons (Fsp3) is 0.400. The molecule has 0 saturated carbocycles. The highest BCUT2D eigenvalue weighted by molar-refractivity contribution is 9.10. The first kappa shape index (κ1) is 26.1. The number of nitrogens with zero attached hydrogens (tertiary/aromatic N) is 1. The van der Waals surface area contributed by atoms with Crippen LogP contribution in [0.2, 0.25) is 0 Å². The van der Waals surface area contributed by atoms with Gasteiger partial charge in [0.15, 0.2) is 5.03 Å². The van der Waals surface area contributed by atoms with Crippen LogP contribution >= 0.6 is 15.9 Å². The lowest BCUT2D eigenvalue weighted by atomic mass is 10.1. The smallest absolute Gasteiger partial charge is 0.251 e. The molecule has 1 aromatic carbocycles. The number of hydrogen-bond donors (Lipinski definition) is 5. The molecule has 0 unspecified atom stereocenters. The number of hydrazine groups is 1. The highest BCUT2D eigenvalue weighted by Crippen LogP contribution is 2.17. The molecule has 5 N–H and O–H groups in total. The maximum Gasteiger partial charge on any atom is 0.251 e. The van der Waals surface area contributed by atoms with Crippen molar-refractivity contribution in [3.8, 4) is 0 Å². The molecule has 10 nitrogen and oxygen atoms in total. The zero-order valence-electron chi connectivity index (χ0n) is 17.5. The maximum absolute atomic E-state index is 12.5. The molecule has 0 aromatic heterocycles. The van der Waals surface area contributed by atoms with Crippen molar-refractivity contribution < 1.29 is 14.6 Å². The molecule has 2 amide bonds. The van der Waals surface area contributed by atoms with Gasteiger partial charge in [0.2, 0.25) is 11.8 Å². The lowest BCUT2D eigenvalue weighted by Crippen LogP contribution is -2.46. The van der Waals surface area contributed by atoms with Gasteiger partial charge in [0, 0.05) is 23.6 Å². The summed E-state index contributed by atoms with van der Waals surface area (Å²) >= 11 is 3.41. The number of nitro groups is 1. The van der Waals surface area contributed by atoms with E-state index in [1.54, 1.807) is 18.0 Å². The predicted octanol–water partition coefficient (Wildman–Crippen LogP) is 2.36. The van der Waals surface area contributed by atoms with Gasteiger partial charge in [-0.2, -0.15) is 0 Å². The van der Waals surface area contributed by atoms with Crippen molar-refractivity contribution in [1.82, 2.24) is 21.4 Å². The third-order valence-corrected chi connectivity index (χ3v) is 4.68. The van der Waals surface area contributed by atoms with Crippen molar-refractivity contribution in [1.29, 1.82) is 5.41 Å². The molecule has 0 bridgehead atoms. The Hall–Kier alpha value is -2.95. The van der Waals surface area contributed by atoms with Crippen LogP contribution in [0.15, 0.2) is 34.8 Å². The third-order valence-electron chi connectivity index (χ3n) is 3.96. The average molecular weight is 496 g/mol. The van der Waals surface area contributed by atoms with Crippen LogP contribution in [0.3, 0.4) is 0 Å². The Bertz CT molecular complexity index is 800. The number of benzene rings is 1. The standard InChI is InChI=1S/C20H28BrN6O4/c1-14(2)11-13-23-19(29)17(8-5-12-24-20(22)26-27(30)31)25-18(28)10-9-15-6-3-4-7-16(15)21/h3-4,6-7,9-10,13-14,17H,5,8,11-12H2,1-2H3,(H,23,29)(H,25,28)(H3,22,24,26)/b10-9+/t17-/m0/s1. The summed E-state index contributed by atoms with van der Waals surface area (Å²) in [5.41, 5.74) is 2.51. The van der Waals surface area contributed by atoms with E-state index in [4.69, 9.17) is 5.41 Å². The van der Waals surface area contributed by atoms with E-state index in [0.717, 1.165) is 10.0 Å². The minimum absolute atomic E-state index is 0.224. The van der Waals surface area contributed by atoms with Gasteiger partial charge < -0.3 is 16.0 Å². The molecule has 11 heteroatoms. The Morgan fingerprint density at radius 3 is 2.65 bits per heavy atom. The van der Waals surface area contributed by atoms with Gasteiger partial charge in [0.1, 0.15) is 6.04 Å². The summed E-state index contributed by atoms with van der Waals surface area (Å²) in [5.74, 6) is -0.834. The second kappa shape index (κ2) is 14.1. The van der Waals surface area contributed by atoms with Crippen LogP contribution < -0.4 is 21.4 Å². The van der Waals surface area contributed by atoms with Crippen molar-refractivity contribution >= 4 is 39.8 Å². The van der Waals surface area contributed by atoms with Crippen molar-refractivity contribution in [3.63, 3.8) is 0 Å². The highest BCUT2D eigenvalue weighted by atomic mass is 79.9. The normalized spacial score (nSPS) is 11.7. The highest BCUT2D eigenvalue weighted by Gasteiger charge is 2.19. The molecular formula is C20H28BrN6O4. The summed E-state index contributed by atoms with van der Waals surface area (Å²) in [6.45, 7) is 5.93. The second-order valence-electron chi connectivity index (χ2n) is 7.07. The monoisotopic (exact) mass is 495 g/mol.